The van der Waals surface area contributed by atoms with Gasteiger partial charge in [-0.1, -0.05) is 30.3 Å². The molecule has 3 rings (SSSR count). The van der Waals surface area contributed by atoms with Crippen molar-refractivity contribution in [1.82, 2.24) is 10.2 Å². The summed E-state index contributed by atoms with van der Waals surface area (Å²) in [7, 11) is 1.35. The molecule has 2 aliphatic rings. The molecule has 0 radical (unpaired) electrons. The Balaban J connectivity index is 1.89. The first kappa shape index (κ1) is 19.7. The van der Waals surface area contributed by atoms with Gasteiger partial charge in [0.2, 0.25) is 5.91 Å². The molecule has 2 N–H and O–H groups in total. The molecule has 2 aliphatic heterocycles. The van der Waals surface area contributed by atoms with Gasteiger partial charge >= 0.3 is 5.97 Å². The number of fused-ring (bicyclic) bond motifs is 1. The lowest BCUT2D eigenvalue weighted by atomic mass is 9.82. The maximum Gasteiger partial charge on any atom is 0.327 e. The number of hydrogen-bond donors (Lipinski definition) is 2. The van der Waals surface area contributed by atoms with Gasteiger partial charge in [-0.15, -0.1) is 11.8 Å². The Kier molecular flexibility index (Phi) is 4.55. The number of rotatable bonds is 5. The Morgan fingerprint density at radius 2 is 1.85 bits per heavy atom. The minimum Gasteiger partial charge on any atom is -0.480 e. The Labute approximate surface area is 162 Å². The van der Waals surface area contributed by atoms with E-state index < -0.39 is 39.2 Å². The molecule has 3 atom stereocenters. The van der Waals surface area contributed by atoms with Crippen molar-refractivity contribution in [2.24, 2.45) is 0 Å². The lowest BCUT2D eigenvalue weighted by molar-refractivity contribution is -0.201. The van der Waals surface area contributed by atoms with E-state index in [2.05, 4.69) is 5.32 Å². The molecule has 146 valence electrons. The van der Waals surface area contributed by atoms with Gasteiger partial charge in [0.25, 0.3) is 11.6 Å². The predicted molar refractivity (Wildman–Crippen MR) is 101 cm³/mol. The van der Waals surface area contributed by atoms with Crippen molar-refractivity contribution in [3.05, 3.63) is 35.9 Å². The lowest BCUT2D eigenvalue weighted by Gasteiger charge is -2.52. The van der Waals surface area contributed by atoms with Crippen molar-refractivity contribution in [3.8, 4) is 0 Å². The molecule has 2 heterocycles. The van der Waals surface area contributed by atoms with E-state index in [1.807, 2.05) is 30.3 Å². The fraction of sp³-hybridized carbons (Fsp3) is 0.526. The Morgan fingerprint density at radius 3 is 2.37 bits per heavy atom. The van der Waals surface area contributed by atoms with E-state index in [1.54, 1.807) is 27.7 Å². The van der Waals surface area contributed by atoms with Gasteiger partial charge in [0.05, 0.1) is 5.41 Å². The van der Waals surface area contributed by atoms with Gasteiger partial charge < -0.3 is 20.1 Å². The van der Waals surface area contributed by atoms with Crippen LogP contribution in [0.2, 0.25) is 0 Å². The number of hydrogen-bond acceptors (Lipinski definition) is 5. The summed E-state index contributed by atoms with van der Waals surface area (Å²) in [6.45, 7) is 7.10. The van der Waals surface area contributed by atoms with Crippen LogP contribution >= 0.6 is 11.8 Å². The predicted octanol–water partition coefficient (Wildman–Crippen LogP) is 1.57. The van der Waals surface area contributed by atoms with Crippen molar-refractivity contribution in [2.75, 3.05) is 7.11 Å². The molecule has 8 heteroatoms. The zero-order chi connectivity index (χ0) is 20.2. The molecule has 0 unspecified atom stereocenters. The molecule has 27 heavy (non-hydrogen) atoms. The standard InChI is InChI=1S/C19H24N2O5S/c1-17(2,11-9-7-6-8-10-11)14(24)20-19(26-5)15(25)21-12(13(22)23)18(3,4)27-16(19)21/h6-10,12,16H,1-5H3,(H,20,24)(H,22,23)/t12-,16+,19+/m0/s1. The first-order valence-corrected chi connectivity index (χ1v) is 9.53. The first-order chi connectivity index (χ1) is 12.5. The molecule has 0 bridgehead atoms. The molecule has 1 aromatic carbocycles. The van der Waals surface area contributed by atoms with Crippen LogP contribution in [0.1, 0.15) is 33.3 Å². The Hall–Kier alpha value is -2.06. The largest absolute Gasteiger partial charge is 0.480 e. The third-order valence-corrected chi connectivity index (χ3v) is 7.04. The van der Waals surface area contributed by atoms with Crippen LogP contribution in [0.5, 0.6) is 0 Å². The highest BCUT2D eigenvalue weighted by Crippen LogP contribution is 2.55. The van der Waals surface area contributed by atoms with Crippen LogP contribution in [-0.2, 0) is 24.5 Å². The minimum atomic E-state index is -1.56. The molecule has 0 saturated carbocycles. The number of amides is 2. The molecular formula is C19H24N2O5S. The number of benzene rings is 1. The van der Waals surface area contributed by atoms with Gasteiger partial charge in [0.1, 0.15) is 11.4 Å². The Morgan fingerprint density at radius 1 is 1.26 bits per heavy atom. The number of carboxylic acid groups (broad SMARTS) is 1. The maximum atomic E-state index is 13.1. The van der Waals surface area contributed by atoms with Crippen LogP contribution in [0.25, 0.3) is 0 Å². The number of carboxylic acids is 1. The number of aliphatic carboxylic acids is 1. The van der Waals surface area contributed by atoms with Crippen LogP contribution in [0.4, 0.5) is 0 Å². The van der Waals surface area contributed by atoms with Crippen molar-refractivity contribution >= 4 is 29.5 Å². The second-order valence-corrected chi connectivity index (χ2v) is 9.65. The number of methoxy groups -OCH3 is 1. The molecule has 0 aliphatic carbocycles. The van der Waals surface area contributed by atoms with Gasteiger partial charge in [-0.05, 0) is 33.3 Å². The number of nitrogens with one attached hydrogen (secondary N) is 1. The summed E-state index contributed by atoms with van der Waals surface area (Å²) in [5.41, 5.74) is -1.64. The van der Waals surface area contributed by atoms with E-state index in [0.29, 0.717) is 0 Å². The average Bonchev–Trinajstić information content (AvgIpc) is 2.89. The average molecular weight is 392 g/mol. The monoisotopic (exact) mass is 392 g/mol. The van der Waals surface area contributed by atoms with Gasteiger partial charge in [-0.3, -0.25) is 9.59 Å². The summed E-state index contributed by atoms with van der Waals surface area (Å²) in [5, 5.41) is 11.7. The van der Waals surface area contributed by atoms with Crippen LogP contribution in [0, 0.1) is 0 Å². The third-order valence-electron chi connectivity index (χ3n) is 5.42. The molecule has 2 saturated heterocycles. The summed E-state index contributed by atoms with van der Waals surface area (Å²) in [6.07, 6.45) is 0. The van der Waals surface area contributed by atoms with Crippen molar-refractivity contribution < 1.29 is 24.2 Å². The van der Waals surface area contributed by atoms with Gasteiger partial charge in [-0.25, -0.2) is 4.79 Å². The van der Waals surface area contributed by atoms with E-state index in [0.717, 1.165) is 5.56 Å². The van der Waals surface area contributed by atoms with Crippen LogP contribution in [-0.4, -0.2) is 56.8 Å². The number of carbonyl (C=O) groups is 3. The van der Waals surface area contributed by atoms with Crippen LogP contribution < -0.4 is 5.32 Å². The number of nitrogens with zero attached hydrogens (tertiary/aromatic N) is 1. The highest BCUT2D eigenvalue weighted by Gasteiger charge is 2.73. The second kappa shape index (κ2) is 6.24. The molecule has 0 spiro atoms. The lowest BCUT2D eigenvalue weighted by Crippen LogP contribution is -2.81. The summed E-state index contributed by atoms with van der Waals surface area (Å²) >= 11 is 1.32. The van der Waals surface area contributed by atoms with Gasteiger partial charge in [-0.2, -0.15) is 0 Å². The van der Waals surface area contributed by atoms with E-state index in [9.17, 15) is 19.5 Å². The van der Waals surface area contributed by atoms with Gasteiger partial charge in [0, 0.05) is 11.9 Å². The molecule has 2 amide bonds. The van der Waals surface area contributed by atoms with Crippen molar-refractivity contribution in [1.29, 1.82) is 0 Å². The number of β-lactam (4-membered cyclic amide) rings is 1. The van der Waals surface area contributed by atoms with Gasteiger partial charge in [0.15, 0.2) is 0 Å². The second-order valence-electron chi connectivity index (χ2n) is 7.91. The molecule has 0 aromatic heterocycles. The quantitative estimate of drug-likeness (QED) is 0.583. The zero-order valence-corrected chi connectivity index (χ0v) is 16.8. The number of ether oxygens (including phenoxy) is 1. The zero-order valence-electron chi connectivity index (χ0n) is 16.0. The number of thioether (sulfide) groups is 1. The van der Waals surface area contributed by atoms with E-state index >= 15 is 0 Å². The van der Waals surface area contributed by atoms with E-state index in [4.69, 9.17) is 4.74 Å². The summed E-state index contributed by atoms with van der Waals surface area (Å²) in [4.78, 5) is 38.9. The smallest absolute Gasteiger partial charge is 0.327 e. The highest BCUT2D eigenvalue weighted by atomic mass is 32.2. The van der Waals surface area contributed by atoms with Crippen molar-refractivity contribution in [2.45, 2.75) is 55.0 Å². The Bertz CT molecular complexity index is 795. The van der Waals surface area contributed by atoms with Crippen LogP contribution in [0.3, 0.4) is 0 Å². The fourth-order valence-corrected chi connectivity index (χ4v) is 5.37. The maximum absolute atomic E-state index is 13.1. The van der Waals surface area contributed by atoms with Crippen molar-refractivity contribution in [3.63, 3.8) is 0 Å². The van der Waals surface area contributed by atoms with E-state index in [1.165, 1.54) is 23.8 Å². The molecule has 7 nitrogen and oxygen atoms in total. The SMILES string of the molecule is CO[C@]1(NC(=O)C(C)(C)c2ccccc2)C(=O)N2[C@@H](C(=O)O)C(C)(C)S[C@@H]21. The normalized spacial score (nSPS) is 29.1. The molecular weight excluding hydrogens is 368 g/mol. The third kappa shape index (κ3) is 2.73. The minimum absolute atomic E-state index is 0.360. The topological polar surface area (TPSA) is 95.9 Å². The van der Waals surface area contributed by atoms with E-state index in [-0.39, 0.29) is 5.91 Å². The summed E-state index contributed by atoms with van der Waals surface area (Å²) in [6, 6.07) is 8.29. The fourth-order valence-electron chi connectivity index (χ4n) is 3.69. The number of carbonyl (C=O) groups excluding carboxylic acids is 2. The highest BCUT2D eigenvalue weighted by molar-refractivity contribution is 8.01. The summed E-state index contributed by atoms with van der Waals surface area (Å²) < 4.78 is 4.78. The first-order valence-electron chi connectivity index (χ1n) is 8.65. The van der Waals surface area contributed by atoms with Crippen LogP contribution in [0.15, 0.2) is 30.3 Å². The molecule has 2 fully saturated rings. The molecule has 1 aromatic rings. The summed E-state index contributed by atoms with van der Waals surface area (Å²) in [5.74, 6) is -1.96.